The Kier molecular flexibility index (Phi) is 5.14. The molecule has 1 amide bonds. The third-order valence-electron chi connectivity index (χ3n) is 3.67. The van der Waals surface area contributed by atoms with E-state index in [1.54, 1.807) is 17.0 Å². The summed E-state index contributed by atoms with van der Waals surface area (Å²) in [6.45, 7) is 3.71. The van der Waals surface area contributed by atoms with Crippen molar-refractivity contribution in [3.8, 4) is 0 Å². The molecule has 1 saturated heterocycles. The molecular weight excluding hydrogens is 270 g/mol. The van der Waals surface area contributed by atoms with Crippen LogP contribution in [-0.2, 0) is 11.3 Å². The molecule has 0 atom stereocenters. The normalized spacial score (nSPS) is 15.7. The van der Waals surface area contributed by atoms with Gasteiger partial charge in [0.2, 0.25) is 5.91 Å². The second-order valence-electron chi connectivity index (χ2n) is 5.26. The van der Waals surface area contributed by atoms with Gasteiger partial charge in [-0.1, -0.05) is 12.5 Å². The maximum atomic E-state index is 12.0. The maximum absolute atomic E-state index is 12.0. The zero-order chi connectivity index (χ0) is 15.2. The monoisotopic (exact) mass is 291 g/mol. The Labute approximate surface area is 124 Å². The lowest BCUT2D eigenvalue weighted by atomic mass is 10.1. The highest BCUT2D eigenvalue weighted by Crippen LogP contribution is 2.26. The largest absolute Gasteiger partial charge is 0.380 e. The van der Waals surface area contributed by atoms with Gasteiger partial charge in [0.25, 0.3) is 5.69 Å². The summed E-state index contributed by atoms with van der Waals surface area (Å²) in [5, 5.41) is 14.1. The van der Waals surface area contributed by atoms with E-state index < -0.39 is 0 Å². The lowest BCUT2D eigenvalue weighted by Gasteiger charge is -2.20. The van der Waals surface area contributed by atoms with Gasteiger partial charge in [-0.05, 0) is 31.4 Å². The van der Waals surface area contributed by atoms with E-state index >= 15 is 0 Å². The molecule has 114 valence electrons. The van der Waals surface area contributed by atoms with Crippen molar-refractivity contribution >= 4 is 17.3 Å². The minimum atomic E-state index is -0.383. The molecule has 6 heteroatoms. The first-order valence-corrected chi connectivity index (χ1v) is 7.40. The number of nitrogens with one attached hydrogen (secondary N) is 1. The second-order valence-corrected chi connectivity index (χ2v) is 5.26. The molecule has 6 nitrogen and oxygen atoms in total. The summed E-state index contributed by atoms with van der Waals surface area (Å²) in [7, 11) is 0. The molecule has 1 heterocycles. The van der Waals surface area contributed by atoms with Crippen molar-refractivity contribution in [3.05, 3.63) is 33.9 Å². The number of benzene rings is 1. The summed E-state index contributed by atoms with van der Waals surface area (Å²) >= 11 is 0. The fourth-order valence-corrected chi connectivity index (χ4v) is 2.59. The number of hydrogen-bond donors (Lipinski definition) is 1. The Morgan fingerprint density at radius 1 is 1.33 bits per heavy atom. The van der Waals surface area contributed by atoms with Gasteiger partial charge in [-0.15, -0.1) is 0 Å². The minimum absolute atomic E-state index is 0.0663. The fraction of sp³-hybridized carbons (Fsp3) is 0.533. The molecule has 0 saturated carbocycles. The summed E-state index contributed by atoms with van der Waals surface area (Å²) < 4.78 is 0. The van der Waals surface area contributed by atoms with Crippen LogP contribution < -0.4 is 5.32 Å². The number of likely N-dealkylation sites (tertiary alicyclic amines) is 1. The average Bonchev–Trinajstić information content (AvgIpc) is 2.66. The van der Waals surface area contributed by atoms with Gasteiger partial charge in [0.1, 0.15) is 5.69 Å². The van der Waals surface area contributed by atoms with Gasteiger partial charge in [0.15, 0.2) is 0 Å². The Bertz CT molecular complexity index is 531. The minimum Gasteiger partial charge on any atom is -0.380 e. The average molecular weight is 291 g/mol. The zero-order valence-electron chi connectivity index (χ0n) is 12.3. The molecule has 2 rings (SSSR count). The lowest BCUT2D eigenvalue weighted by molar-refractivity contribution is -0.384. The van der Waals surface area contributed by atoms with Crippen molar-refractivity contribution in [2.75, 3.05) is 18.4 Å². The molecule has 0 spiro atoms. The third-order valence-corrected chi connectivity index (χ3v) is 3.67. The maximum Gasteiger partial charge on any atom is 0.292 e. The van der Waals surface area contributed by atoms with E-state index in [-0.39, 0.29) is 16.5 Å². The standard InChI is InChI=1S/C15H21N3O3/c1-2-16-13-8-7-12(10-14(13)18(20)21)11-17-9-5-3-4-6-15(17)19/h7-8,10,16H,2-6,9,11H2,1H3. The van der Waals surface area contributed by atoms with Crippen LogP contribution in [0.5, 0.6) is 0 Å². The van der Waals surface area contributed by atoms with E-state index in [2.05, 4.69) is 5.32 Å². The number of anilines is 1. The molecule has 1 aliphatic heterocycles. The Hall–Kier alpha value is -2.11. The second kappa shape index (κ2) is 7.06. The molecule has 21 heavy (non-hydrogen) atoms. The van der Waals surface area contributed by atoms with Crippen molar-refractivity contribution in [2.24, 2.45) is 0 Å². The van der Waals surface area contributed by atoms with Crippen LogP contribution in [0.1, 0.15) is 38.2 Å². The van der Waals surface area contributed by atoms with Gasteiger partial charge >= 0.3 is 0 Å². The van der Waals surface area contributed by atoms with Crippen LogP contribution in [0, 0.1) is 10.1 Å². The van der Waals surface area contributed by atoms with E-state index in [1.807, 2.05) is 13.0 Å². The van der Waals surface area contributed by atoms with E-state index in [0.717, 1.165) is 31.4 Å². The van der Waals surface area contributed by atoms with Crippen LogP contribution in [-0.4, -0.2) is 28.8 Å². The van der Waals surface area contributed by atoms with Crippen LogP contribution in [0.4, 0.5) is 11.4 Å². The molecule has 0 aliphatic carbocycles. The number of amides is 1. The number of nitrogens with zero attached hydrogens (tertiary/aromatic N) is 2. The predicted octanol–water partition coefficient (Wildman–Crippen LogP) is 2.93. The number of nitro groups is 1. The van der Waals surface area contributed by atoms with Crippen LogP contribution in [0.2, 0.25) is 0 Å². The first-order chi connectivity index (χ1) is 10.1. The van der Waals surface area contributed by atoms with Crippen LogP contribution in [0.25, 0.3) is 0 Å². The van der Waals surface area contributed by atoms with Crippen molar-refractivity contribution in [1.82, 2.24) is 4.90 Å². The van der Waals surface area contributed by atoms with Crippen molar-refractivity contribution in [1.29, 1.82) is 0 Å². The molecule has 1 aromatic rings. The Morgan fingerprint density at radius 3 is 2.86 bits per heavy atom. The first-order valence-electron chi connectivity index (χ1n) is 7.40. The van der Waals surface area contributed by atoms with Gasteiger partial charge in [0.05, 0.1) is 4.92 Å². The highest BCUT2D eigenvalue weighted by atomic mass is 16.6. The van der Waals surface area contributed by atoms with E-state index in [9.17, 15) is 14.9 Å². The van der Waals surface area contributed by atoms with E-state index in [0.29, 0.717) is 25.2 Å². The topological polar surface area (TPSA) is 75.5 Å². The number of rotatable bonds is 5. The SMILES string of the molecule is CCNc1ccc(CN2CCCCCC2=O)cc1[N+](=O)[O-]. The summed E-state index contributed by atoms with van der Waals surface area (Å²) in [6.07, 6.45) is 3.59. The molecule has 0 aromatic heterocycles. The zero-order valence-corrected chi connectivity index (χ0v) is 12.3. The van der Waals surface area contributed by atoms with Crippen LogP contribution in [0.15, 0.2) is 18.2 Å². The van der Waals surface area contributed by atoms with Crippen LogP contribution in [0.3, 0.4) is 0 Å². The van der Waals surface area contributed by atoms with Gasteiger partial charge in [-0.3, -0.25) is 14.9 Å². The Balaban J connectivity index is 2.17. The highest BCUT2D eigenvalue weighted by Gasteiger charge is 2.19. The molecule has 1 fully saturated rings. The summed E-state index contributed by atoms with van der Waals surface area (Å²) in [6, 6.07) is 5.14. The van der Waals surface area contributed by atoms with Crippen molar-refractivity contribution in [3.63, 3.8) is 0 Å². The predicted molar refractivity (Wildman–Crippen MR) is 81.1 cm³/mol. The molecule has 0 bridgehead atoms. The smallest absolute Gasteiger partial charge is 0.292 e. The molecule has 0 unspecified atom stereocenters. The lowest BCUT2D eigenvalue weighted by Crippen LogP contribution is -2.29. The molecule has 1 N–H and O–H groups in total. The molecule has 1 aliphatic rings. The first kappa shape index (κ1) is 15.3. The van der Waals surface area contributed by atoms with E-state index in [1.165, 1.54) is 0 Å². The molecule has 1 aromatic carbocycles. The van der Waals surface area contributed by atoms with Crippen molar-refractivity contribution in [2.45, 2.75) is 39.2 Å². The van der Waals surface area contributed by atoms with Gasteiger partial charge < -0.3 is 10.2 Å². The third kappa shape index (κ3) is 3.93. The Morgan fingerprint density at radius 2 is 2.14 bits per heavy atom. The van der Waals surface area contributed by atoms with E-state index in [4.69, 9.17) is 0 Å². The summed E-state index contributed by atoms with van der Waals surface area (Å²) in [4.78, 5) is 24.6. The number of nitro benzene ring substituents is 1. The summed E-state index contributed by atoms with van der Waals surface area (Å²) in [5.74, 6) is 0.144. The van der Waals surface area contributed by atoms with Gasteiger partial charge in [0, 0.05) is 32.1 Å². The number of hydrogen-bond acceptors (Lipinski definition) is 4. The summed E-state index contributed by atoms with van der Waals surface area (Å²) in [5.41, 5.74) is 1.39. The molecular formula is C15H21N3O3. The quantitative estimate of drug-likeness (QED) is 0.668. The number of carbonyl (C=O) groups is 1. The number of carbonyl (C=O) groups excluding carboxylic acids is 1. The molecule has 0 radical (unpaired) electrons. The van der Waals surface area contributed by atoms with Crippen LogP contribution >= 0.6 is 0 Å². The fourth-order valence-electron chi connectivity index (χ4n) is 2.59. The van der Waals surface area contributed by atoms with Gasteiger partial charge in [-0.25, -0.2) is 0 Å². The van der Waals surface area contributed by atoms with Gasteiger partial charge in [-0.2, -0.15) is 0 Å². The highest BCUT2D eigenvalue weighted by molar-refractivity contribution is 5.76. The van der Waals surface area contributed by atoms with Crippen molar-refractivity contribution < 1.29 is 9.72 Å².